The quantitative estimate of drug-likeness (QED) is 0.285. The predicted molar refractivity (Wildman–Crippen MR) is 164 cm³/mol. The van der Waals surface area contributed by atoms with Crippen LogP contribution in [0, 0.1) is 0 Å². The number of piperidine rings is 1. The first-order chi connectivity index (χ1) is 20.4. The van der Waals surface area contributed by atoms with Crippen LogP contribution in [0.15, 0.2) is 84.9 Å². The third-order valence-electron chi connectivity index (χ3n) is 8.47. The minimum absolute atomic E-state index is 0.117. The normalized spacial score (nSPS) is 15.1. The Hall–Kier alpha value is -3.68. The topological polar surface area (TPSA) is 79.3 Å². The monoisotopic (exact) mass is 572 g/mol. The van der Waals surface area contributed by atoms with E-state index in [0.717, 1.165) is 11.1 Å². The number of benzene rings is 3. The number of rotatable bonds is 13. The second-order valence-electron chi connectivity index (χ2n) is 10.8. The van der Waals surface area contributed by atoms with Crippen LogP contribution in [-0.2, 0) is 25.3 Å². The zero-order valence-electron chi connectivity index (χ0n) is 25.1. The summed E-state index contributed by atoms with van der Waals surface area (Å²) in [7, 11) is 0. The lowest BCUT2D eigenvalue weighted by Crippen LogP contribution is -2.50. The fraction of sp³-hybridized carbons (Fsp3) is 0.429. The molecule has 1 heterocycles. The van der Waals surface area contributed by atoms with Crippen LogP contribution in [0.3, 0.4) is 0 Å². The second kappa shape index (κ2) is 14.5. The fourth-order valence-electron chi connectivity index (χ4n) is 6.09. The first kappa shape index (κ1) is 31.3. The summed E-state index contributed by atoms with van der Waals surface area (Å²) in [6, 6.07) is 27.6. The van der Waals surface area contributed by atoms with Gasteiger partial charge in [-0.1, -0.05) is 78.9 Å². The Morgan fingerprint density at radius 3 is 1.95 bits per heavy atom. The van der Waals surface area contributed by atoms with Gasteiger partial charge in [0.05, 0.1) is 12.2 Å². The Bertz CT molecular complexity index is 1250. The zero-order valence-corrected chi connectivity index (χ0v) is 25.1. The number of likely N-dealkylation sites (N-methyl/N-ethyl adjacent to an activating group) is 1. The van der Waals surface area contributed by atoms with Gasteiger partial charge in [0.25, 0.3) is 0 Å². The molecule has 1 N–H and O–H groups in total. The smallest absolute Gasteiger partial charge is 0.344 e. The van der Waals surface area contributed by atoms with Crippen molar-refractivity contribution in [2.75, 3.05) is 45.9 Å². The van der Waals surface area contributed by atoms with E-state index < -0.39 is 17.0 Å². The molecule has 1 amide bonds. The number of nitrogens with zero attached hydrogens (tertiary/aromatic N) is 2. The van der Waals surface area contributed by atoms with Gasteiger partial charge in [-0.25, -0.2) is 4.79 Å². The van der Waals surface area contributed by atoms with Crippen molar-refractivity contribution in [3.05, 3.63) is 102 Å². The Kier molecular flexibility index (Phi) is 10.8. The average Bonchev–Trinajstić information content (AvgIpc) is 3.03. The summed E-state index contributed by atoms with van der Waals surface area (Å²) in [4.78, 5) is 30.5. The number of hydrogen-bond acceptors (Lipinski definition) is 6. The van der Waals surface area contributed by atoms with Crippen LogP contribution in [0.25, 0.3) is 0 Å². The lowest BCUT2D eigenvalue weighted by molar-refractivity contribution is -0.145. The number of carbonyl (C=O) groups is 2. The molecule has 0 aliphatic carbocycles. The molecule has 1 aliphatic rings. The van der Waals surface area contributed by atoms with Gasteiger partial charge in [-0.15, -0.1) is 0 Å². The highest BCUT2D eigenvalue weighted by Gasteiger charge is 2.44. The van der Waals surface area contributed by atoms with E-state index in [9.17, 15) is 14.7 Å². The molecule has 7 heteroatoms. The van der Waals surface area contributed by atoms with Crippen molar-refractivity contribution in [3.63, 3.8) is 0 Å². The van der Waals surface area contributed by atoms with Gasteiger partial charge in [-0.05, 0) is 63.8 Å². The molecule has 0 bridgehead atoms. The van der Waals surface area contributed by atoms with Crippen LogP contribution >= 0.6 is 0 Å². The second-order valence-corrected chi connectivity index (χ2v) is 10.8. The zero-order chi connectivity index (χ0) is 30.0. The third kappa shape index (κ3) is 6.85. The van der Waals surface area contributed by atoms with E-state index in [0.29, 0.717) is 69.9 Å². The van der Waals surface area contributed by atoms with Gasteiger partial charge in [0.1, 0.15) is 11.2 Å². The van der Waals surface area contributed by atoms with Gasteiger partial charge < -0.3 is 24.4 Å². The number of hydrogen-bond donors (Lipinski definition) is 1. The number of carbonyl (C=O) groups excluding carboxylic acids is 2. The van der Waals surface area contributed by atoms with Crippen molar-refractivity contribution in [1.29, 1.82) is 0 Å². The molecule has 3 aromatic carbocycles. The van der Waals surface area contributed by atoms with Crippen LogP contribution < -0.4 is 4.74 Å². The molecule has 0 radical (unpaired) electrons. The number of para-hydroxylation sites is 1. The van der Waals surface area contributed by atoms with E-state index >= 15 is 0 Å². The molecule has 0 atom stereocenters. The number of likely N-dealkylation sites (tertiary alicyclic amines) is 1. The standard InChI is InChI=1S/C35H44N2O5/c1-4-37(5-2)33(39)35(28-15-9-7-10-16-28,29-17-11-8-12-18-29)23-26-36-24-21-34(40,22-25-36)30-19-13-14-20-31(30)42-27-32(38)41-6-3/h7-20,40H,4-6,21-27H2,1-3H3. The molecule has 0 spiro atoms. The molecule has 0 saturated carbocycles. The summed E-state index contributed by atoms with van der Waals surface area (Å²) in [5.74, 6) is 0.179. The maximum atomic E-state index is 14.4. The molecule has 0 aromatic heterocycles. The highest BCUT2D eigenvalue weighted by molar-refractivity contribution is 5.92. The first-order valence-corrected chi connectivity index (χ1v) is 15.1. The van der Waals surface area contributed by atoms with Gasteiger partial charge in [0.15, 0.2) is 6.61 Å². The van der Waals surface area contributed by atoms with Crippen molar-refractivity contribution in [1.82, 2.24) is 9.80 Å². The van der Waals surface area contributed by atoms with E-state index in [2.05, 4.69) is 29.2 Å². The summed E-state index contributed by atoms with van der Waals surface area (Å²) in [5, 5.41) is 11.7. The highest BCUT2D eigenvalue weighted by atomic mass is 16.6. The number of esters is 1. The maximum Gasteiger partial charge on any atom is 0.344 e. The van der Waals surface area contributed by atoms with Crippen LogP contribution in [0.2, 0.25) is 0 Å². The molecular formula is C35H44N2O5. The summed E-state index contributed by atoms with van der Waals surface area (Å²) < 4.78 is 10.8. The van der Waals surface area contributed by atoms with E-state index in [4.69, 9.17) is 9.47 Å². The number of amides is 1. The Labute approximate surface area is 250 Å². The van der Waals surface area contributed by atoms with Gasteiger partial charge in [0, 0.05) is 31.7 Å². The summed E-state index contributed by atoms with van der Waals surface area (Å²) in [5.41, 5.74) is 0.780. The number of aliphatic hydroxyl groups is 1. The van der Waals surface area contributed by atoms with Crippen LogP contribution in [0.4, 0.5) is 0 Å². The van der Waals surface area contributed by atoms with Crippen LogP contribution in [-0.4, -0.2) is 72.7 Å². The molecule has 224 valence electrons. The van der Waals surface area contributed by atoms with Crippen molar-refractivity contribution in [2.45, 2.75) is 51.0 Å². The van der Waals surface area contributed by atoms with Crippen molar-refractivity contribution in [2.24, 2.45) is 0 Å². The van der Waals surface area contributed by atoms with Gasteiger partial charge in [-0.3, -0.25) is 4.79 Å². The SMILES string of the molecule is CCOC(=O)COc1ccccc1C1(O)CCN(CCC(C(=O)N(CC)CC)(c2ccccc2)c2ccccc2)CC1. The minimum atomic E-state index is -1.07. The van der Waals surface area contributed by atoms with Crippen LogP contribution in [0.5, 0.6) is 5.75 Å². The summed E-state index contributed by atoms with van der Waals surface area (Å²) in [6.07, 6.45) is 1.65. The van der Waals surface area contributed by atoms with Gasteiger partial charge in [-0.2, -0.15) is 0 Å². The summed E-state index contributed by atoms with van der Waals surface area (Å²) >= 11 is 0. The van der Waals surface area contributed by atoms with Crippen molar-refractivity contribution in [3.8, 4) is 5.75 Å². The molecule has 1 aliphatic heterocycles. The largest absolute Gasteiger partial charge is 0.482 e. The molecular weight excluding hydrogens is 528 g/mol. The molecule has 0 unspecified atom stereocenters. The minimum Gasteiger partial charge on any atom is -0.482 e. The molecule has 3 aromatic rings. The Balaban J connectivity index is 1.55. The molecule has 7 nitrogen and oxygen atoms in total. The van der Waals surface area contributed by atoms with Gasteiger partial charge >= 0.3 is 5.97 Å². The van der Waals surface area contributed by atoms with E-state index in [-0.39, 0.29) is 12.5 Å². The maximum absolute atomic E-state index is 14.4. The van der Waals surface area contributed by atoms with E-state index in [1.807, 2.05) is 73.3 Å². The van der Waals surface area contributed by atoms with Crippen molar-refractivity contribution < 1.29 is 24.2 Å². The van der Waals surface area contributed by atoms with E-state index in [1.54, 1.807) is 13.0 Å². The predicted octanol–water partition coefficient (Wildman–Crippen LogP) is 5.16. The molecule has 4 rings (SSSR count). The molecule has 1 fully saturated rings. The molecule has 1 saturated heterocycles. The highest BCUT2D eigenvalue weighted by Crippen LogP contribution is 2.41. The van der Waals surface area contributed by atoms with Crippen LogP contribution in [0.1, 0.15) is 56.7 Å². The van der Waals surface area contributed by atoms with Crippen molar-refractivity contribution >= 4 is 11.9 Å². The number of ether oxygens (including phenoxy) is 2. The Morgan fingerprint density at radius 1 is 0.857 bits per heavy atom. The third-order valence-corrected chi connectivity index (χ3v) is 8.47. The molecule has 42 heavy (non-hydrogen) atoms. The first-order valence-electron chi connectivity index (χ1n) is 15.1. The fourth-order valence-corrected chi connectivity index (χ4v) is 6.09. The Morgan fingerprint density at radius 2 is 1.40 bits per heavy atom. The summed E-state index contributed by atoms with van der Waals surface area (Å²) in [6.45, 7) is 9.23. The average molecular weight is 573 g/mol. The lowest BCUT2D eigenvalue weighted by atomic mass is 9.70. The van der Waals surface area contributed by atoms with Gasteiger partial charge in [0.2, 0.25) is 5.91 Å². The lowest BCUT2D eigenvalue weighted by Gasteiger charge is -2.42. The van der Waals surface area contributed by atoms with E-state index in [1.165, 1.54) is 0 Å².